The van der Waals surface area contributed by atoms with Crippen LogP contribution < -0.4 is 0 Å². The van der Waals surface area contributed by atoms with Gasteiger partial charge in [0.25, 0.3) is 0 Å². The van der Waals surface area contributed by atoms with E-state index < -0.39 is 5.97 Å². The Morgan fingerprint density at radius 3 is 2.18 bits per heavy atom. The maximum absolute atomic E-state index is 10.7. The van der Waals surface area contributed by atoms with Crippen LogP contribution in [0.5, 0.6) is 0 Å². The van der Waals surface area contributed by atoms with Crippen LogP contribution in [0.3, 0.4) is 0 Å². The Morgan fingerprint density at radius 1 is 1.27 bits per heavy atom. The Morgan fingerprint density at radius 2 is 1.82 bits per heavy atom. The fraction of sp³-hybridized carbons (Fsp3) is 0.500. The van der Waals surface area contributed by atoms with E-state index in [4.69, 9.17) is 4.74 Å². The first-order valence-electron chi connectivity index (χ1n) is 3.41. The van der Waals surface area contributed by atoms with Crippen molar-refractivity contribution < 1.29 is 14.3 Å². The summed E-state index contributed by atoms with van der Waals surface area (Å²) < 4.78 is 4.72. The summed E-state index contributed by atoms with van der Waals surface area (Å²) in [6, 6.07) is 0. The van der Waals surface area contributed by atoms with Gasteiger partial charge in [-0.05, 0) is 26.8 Å². The van der Waals surface area contributed by atoms with Crippen molar-refractivity contribution in [1.29, 1.82) is 0 Å². The molecular formula is C8H12O3. The molecule has 0 heterocycles. The lowest BCUT2D eigenvalue weighted by molar-refractivity contribution is -0.141. The lowest BCUT2D eigenvalue weighted by Gasteiger charge is -2.03. The van der Waals surface area contributed by atoms with Crippen molar-refractivity contribution in [1.82, 2.24) is 0 Å². The molecule has 0 amide bonds. The molecule has 3 nitrogen and oxygen atoms in total. The summed E-state index contributed by atoms with van der Waals surface area (Å²) >= 11 is 0. The van der Waals surface area contributed by atoms with Gasteiger partial charge in [0.1, 0.15) is 0 Å². The first kappa shape index (κ1) is 9.88. The highest BCUT2D eigenvalue weighted by Crippen LogP contribution is 1.89. The average molecular weight is 156 g/mol. The number of ketones is 1. The molecule has 0 aliphatic heterocycles. The predicted octanol–water partition coefficient (Wildman–Crippen LogP) is 1.08. The van der Waals surface area contributed by atoms with Gasteiger partial charge < -0.3 is 4.74 Å². The molecule has 0 radical (unpaired) electrons. The molecule has 0 aromatic heterocycles. The molecule has 0 atom stereocenters. The first-order valence-corrected chi connectivity index (χ1v) is 3.41. The highest BCUT2D eigenvalue weighted by molar-refractivity contribution is 5.94. The summed E-state index contributed by atoms with van der Waals surface area (Å²) in [5.41, 5.74) is 0. The van der Waals surface area contributed by atoms with Gasteiger partial charge in [0, 0.05) is 6.08 Å². The zero-order valence-electron chi connectivity index (χ0n) is 6.96. The van der Waals surface area contributed by atoms with E-state index in [-0.39, 0.29) is 11.9 Å². The minimum atomic E-state index is -0.477. The Hall–Kier alpha value is -1.12. The Labute approximate surface area is 66.0 Å². The first-order chi connectivity index (χ1) is 5.02. The molecule has 3 heteroatoms. The molecule has 0 aliphatic rings. The van der Waals surface area contributed by atoms with E-state index in [1.807, 2.05) is 0 Å². The van der Waals surface area contributed by atoms with E-state index >= 15 is 0 Å². The van der Waals surface area contributed by atoms with Crippen molar-refractivity contribution >= 4 is 11.8 Å². The normalized spacial score (nSPS) is 10.5. The number of carbonyl (C=O) groups is 2. The summed E-state index contributed by atoms with van der Waals surface area (Å²) in [6.07, 6.45) is 2.17. The van der Waals surface area contributed by atoms with Crippen molar-refractivity contribution in [2.45, 2.75) is 26.9 Å². The van der Waals surface area contributed by atoms with Crippen molar-refractivity contribution in [2.75, 3.05) is 0 Å². The van der Waals surface area contributed by atoms with E-state index in [2.05, 4.69) is 0 Å². The topological polar surface area (TPSA) is 43.4 Å². The van der Waals surface area contributed by atoms with Gasteiger partial charge in [0.15, 0.2) is 5.78 Å². The molecule has 11 heavy (non-hydrogen) atoms. The third-order valence-corrected chi connectivity index (χ3v) is 0.806. The average Bonchev–Trinajstić information content (AvgIpc) is 1.82. The van der Waals surface area contributed by atoms with Gasteiger partial charge in [0.05, 0.1) is 6.10 Å². The van der Waals surface area contributed by atoms with Gasteiger partial charge in [-0.3, -0.25) is 4.79 Å². The molecule has 0 spiro atoms. The number of hydrogen-bond acceptors (Lipinski definition) is 3. The van der Waals surface area contributed by atoms with Crippen molar-refractivity contribution in [3.8, 4) is 0 Å². The molecule has 0 aliphatic carbocycles. The van der Waals surface area contributed by atoms with Crippen LogP contribution in [-0.2, 0) is 14.3 Å². The van der Waals surface area contributed by atoms with E-state index in [9.17, 15) is 9.59 Å². The maximum atomic E-state index is 10.7. The second-order valence-electron chi connectivity index (χ2n) is 2.43. The summed E-state index contributed by atoms with van der Waals surface area (Å²) in [7, 11) is 0. The third kappa shape index (κ3) is 6.77. The predicted molar refractivity (Wildman–Crippen MR) is 41.0 cm³/mol. The number of rotatable bonds is 3. The number of esters is 1. The number of hydrogen-bond donors (Lipinski definition) is 0. The quantitative estimate of drug-likeness (QED) is 0.453. The van der Waals surface area contributed by atoms with Crippen molar-refractivity contribution in [3.63, 3.8) is 0 Å². The van der Waals surface area contributed by atoms with E-state index in [0.29, 0.717) is 0 Å². The Bertz CT molecular complexity index is 180. The molecule has 0 unspecified atom stereocenters. The van der Waals surface area contributed by atoms with Crippen LogP contribution in [0.2, 0.25) is 0 Å². The van der Waals surface area contributed by atoms with Gasteiger partial charge in [-0.2, -0.15) is 0 Å². The van der Waals surface area contributed by atoms with Gasteiger partial charge in [-0.25, -0.2) is 4.79 Å². The highest BCUT2D eigenvalue weighted by Gasteiger charge is 1.99. The molecule has 0 saturated heterocycles. The molecule has 0 aromatic carbocycles. The molecule has 0 N–H and O–H groups in total. The van der Waals surface area contributed by atoms with Crippen LogP contribution in [0.4, 0.5) is 0 Å². The van der Waals surface area contributed by atoms with Crippen molar-refractivity contribution in [3.05, 3.63) is 12.2 Å². The van der Waals surface area contributed by atoms with E-state index in [1.165, 1.54) is 13.0 Å². The van der Waals surface area contributed by atoms with Gasteiger partial charge in [-0.15, -0.1) is 0 Å². The molecule has 0 saturated carbocycles. The lowest BCUT2D eigenvalue weighted by atomic mass is 10.4. The zero-order valence-corrected chi connectivity index (χ0v) is 6.96. The van der Waals surface area contributed by atoms with Gasteiger partial charge in [-0.1, -0.05) is 0 Å². The summed E-state index contributed by atoms with van der Waals surface area (Å²) in [5.74, 6) is -0.638. The maximum Gasteiger partial charge on any atom is 0.331 e. The molecule has 62 valence electrons. The molecule has 0 rings (SSSR count). The van der Waals surface area contributed by atoms with E-state index in [0.717, 1.165) is 6.08 Å². The summed E-state index contributed by atoms with van der Waals surface area (Å²) in [6.45, 7) is 4.87. The highest BCUT2D eigenvalue weighted by atomic mass is 16.5. The standard InChI is InChI=1S/C8H12O3/c1-6(2)11-8(10)5-4-7(3)9/h4-6H,1-3H3. The van der Waals surface area contributed by atoms with Gasteiger partial charge in [0.2, 0.25) is 0 Å². The molecule has 0 aromatic rings. The third-order valence-electron chi connectivity index (χ3n) is 0.806. The number of carbonyl (C=O) groups excluding carboxylic acids is 2. The minimum absolute atomic E-state index is 0.140. The van der Waals surface area contributed by atoms with Crippen LogP contribution in [-0.4, -0.2) is 17.9 Å². The van der Waals surface area contributed by atoms with Gasteiger partial charge >= 0.3 is 5.97 Å². The van der Waals surface area contributed by atoms with Crippen molar-refractivity contribution in [2.24, 2.45) is 0 Å². The van der Waals surface area contributed by atoms with Crippen LogP contribution in [0, 0.1) is 0 Å². The lowest BCUT2D eigenvalue weighted by Crippen LogP contribution is -2.08. The van der Waals surface area contributed by atoms with E-state index in [1.54, 1.807) is 13.8 Å². The summed E-state index contributed by atoms with van der Waals surface area (Å²) in [5, 5.41) is 0. The zero-order chi connectivity index (χ0) is 8.85. The number of ether oxygens (including phenoxy) is 1. The largest absolute Gasteiger partial charge is 0.460 e. The molecular weight excluding hydrogens is 144 g/mol. The second kappa shape index (κ2) is 4.66. The fourth-order valence-corrected chi connectivity index (χ4v) is 0.457. The van der Waals surface area contributed by atoms with Crippen LogP contribution >= 0.6 is 0 Å². The van der Waals surface area contributed by atoms with Crippen LogP contribution in [0.1, 0.15) is 20.8 Å². The molecule has 0 fully saturated rings. The van der Waals surface area contributed by atoms with Crippen LogP contribution in [0.15, 0.2) is 12.2 Å². The smallest absolute Gasteiger partial charge is 0.331 e. The number of allylic oxidation sites excluding steroid dienone is 1. The monoisotopic (exact) mass is 156 g/mol. The Balaban J connectivity index is 3.78. The second-order valence-corrected chi connectivity index (χ2v) is 2.43. The molecule has 0 bridgehead atoms. The van der Waals surface area contributed by atoms with Crippen LogP contribution in [0.25, 0.3) is 0 Å². The SMILES string of the molecule is CC(=O)C=CC(=O)OC(C)C. The fourth-order valence-electron chi connectivity index (χ4n) is 0.457. The summed E-state index contributed by atoms with van der Waals surface area (Å²) in [4.78, 5) is 21.0. The Kier molecular flexibility index (Phi) is 4.18. The minimum Gasteiger partial charge on any atom is -0.460 e.